The van der Waals surface area contributed by atoms with E-state index in [1.54, 1.807) is 0 Å². The molecular formula is C22H25ClF3N4O2PS. The van der Waals surface area contributed by atoms with Gasteiger partial charge >= 0.3 is 6.18 Å². The van der Waals surface area contributed by atoms with E-state index in [2.05, 4.69) is 14.7 Å². The van der Waals surface area contributed by atoms with E-state index in [1.165, 1.54) is 6.07 Å². The van der Waals surface area contributed by atoms with E-state index < -0.39 is 19.1 Å². The second-order valence-corrected chi connectivity index (χ2v) is 11.5. The molecule has 0 bridgehead atoms. The normalized spacial score (nSPS) is 18.5. The number of thiocarbonyl (C=S) groups is 1. The SMILES string of the molecule is FC(F)(F)c1ccc(Cl)c(NC(=S)N=P(c2ccccc2)(N2CCOCC2)N2CCOCC2)c1. The molecule has 2 saturated heterocycles. The lowest BCUT2D eigenvalue weighted by Crippen LogP contribution is -2.46. The summed E-state index contributed by atoms with van der Waals surface area (Å²) in [6.07, 6.45) is -4.50. The maximum Gasteiger partial charge on any atom is 0.416 e. The number of ether oxygens (including phenoxy) is 2. The predicted octanol–water partition coefficient (Wildman–Crippen LogP) is 5.08. The van der Waals surface area contributed by atoms with E-state index in [0.717, 1.165) is 17.4 Å². The molecule has 12 heteroatoms. The van der Waals surface area contributed by atoms with Crippen LogP contribution in [0.25, 0.3) is 0 Å². The molecule has 0 saturated carbocycles. The van der Waals surface area contributed by atoms with Crippen molar-refractivity contribution in [1.29, 1.82) is 0 Å². The molecule has 2 fully saturated rings. The van der Waals surface area contributed by atoms with Crippen molar-refractivity contribution >= 4 is 47.3 Å². The molecule has 0 aromatic heterocycles. The second kappa shape index (κ2) is 11.0. The molecule has 1 N–H and O–H groups in total. The van der Waals surface area contributed by atoms with Crippen LogP contribution in [0.4, 0.5) is 18.9 Å². The van der Waals surface area contributed by atoms with Gasteiger partial charge in [0.2, 0.25) is 0 Å². The predicted molar refractivity (Wildman–Crippen MR) is 133 cm³/mol. The van der Waals surface area contributed by atoms with Crippen LogP contribution in [0, 0.1) is 0 Å². The van der Waals surface area contributed by atoms with Crippen molar-refractivity contribution in [2.75, 3.05) is 57.9 Å². The molecule has 2 aliphatic heterocycles. The van der Waals surface area contributed by atoms with Gasteiger partial charge in [-0.05, 0) is 30.4 Å². The van der Waals surface area contributed by atoms with E-state index >= 15 is 0 Å². The number of hydrogen-bond acceptors (Lipinski definition) is 3. The van der Waals surface area contributed by atoms with Gasteiger partial charge in [0, 0.05) is 31.5 Å². The molecule has 0 aliphatic carbocycles. The van der Waals surface area contributed by atoms with Crippen LogP contribution in [0.3, 0.4) is 0 Å². The number of nitrogens with one attached hydrogen (secondary N) is 1. The van der Waals surface area contributed by atoms with Crippen LogP contribution >= 0.6 is 31.2 Å². The Morgan fingerprint density at radius 2 is 1.50 bits per heavy atom. The standard InChI is InChI=1S/C22H25ClF3N4O2PS/c23-19-7-6-17(22(24,25)26)16-20(19)27-21(34)28-33(18-4-2-1-3-5-18,29-8-12-31-13-9-29)30-10-14-32-15-11-30/h1-7,16H,8-15H2,(H,27,34). The molecule has 0 spiro atoms. The maximum absolute atomic E-state index is 13.3. The van der Waals surface area contributed by atoms with Gasteiger partial charge < -0.3 is 14.8 Å². The average molecular weight is 533 g/mol. The number of halogens is 4. The Hall–Kier alpha value is -1.52. The van der Waals surface area contributed by atoms with Crippen LogP contribution in [0.1, 0.15) is 5.56 Å². The Morgan fingerprint density at radius 3 is 2.03 bits per heavy atom. The summed E-state index contributed by atoms with van der Waals surface area (Å²) < 4.78 is 60.7. The zero-order valence-corrected chi connectivity index (χ0v) is 20.8. The molecule has 2 aliphatic rings. The fraction of sp³-hybridized carbons (Fsp3) is 0.409. The van der Waals surface area contributed by atoms with Crippen LogP contribution in [0.2, 0.25) is 5.02 Å². The molecule has 4 rings (SSSR count). The maximum atomic E-state index is 13.3. The van der Waals surface area contributed by atoms with Crippen LogP contribution in [-0.4, -0.2) is 67.1 Å². The van der Waals surface area contributed by atoms with Gasteiger partial charge in [0.25, 0.3) is 0 Å². The van der Waals surface area contributed by atoms with Crippen molar-refractivity contribution in [3.05, 3.63) is 59.1 Å². The minimum Gasteiger partial charge on any atom is -0.379 e. The molecule has 2 aromatic carbocycles. The lowest BCUT2D eigenvalue weighted by atomic mass is 10.2. The van der Waals surface area contributed by atoms with Crippen molar-refractivity contribution in [3.8, 4) is 0 Å². The number of rotatable bonds is 4. The van der Waals surface area contributed by atoms with Gasteiger partial charge in [-0.1, -0.05) is 41.9 Å². The third-order valence-electron chi connectivity index (χ3n) is 5.63. The second-order valence-electron chi connectivity index (χ2n) is 7.76. The molecule has 2 aromatic rings. The fourth-order valence-corrected chi connectivity index (χ4v) is 8.36. The summed E-state index contributed by atoms with van der Waals surface area (Å²) in [5, 5.41) is 4.09. The number of benzene rings is 2. The highest BCUT2D eigenvalue weighted by Gasteiger charge is 2.39. The first kappa shape index (κ1) is 25.6. The van der Waals surface area contributed by atoms with E-state index in [1.807, 2.05) is 30.3 Å². The van der Waals surface area contributed by atoms with Crippen molar-refractivity contribution in [3.63, 3.8) is 0 Å². The monoisotopic (exact) mass is 532 g/mol. The Labute approximate surface area is 207 Å². The highest BCUT2D eigenvalue weighted by molar-refractivity contribution is 7.81. The zero-order valence-electron chi connectivity index (χ0n) is 18.3. The van der Waals surface area contributed by atoms with Gasteiger partial charge in [-0.15, -0.1) is 0 Å². The fourth-order valence-electron chi connectivity index (χ4n) is 4.05. The number of nitrogens with zero attached hydrogens (tertiary/aromatic N) is 3. The minimum absolute atomic E-state index is 0.0698. The van der Waals surface area contributed by atoms with Gasteiger partial charge in [0.1, 0.15) is 7.36 Å². The topological polar surface area (TPSA) is 49.3 Å². The van der Waals surface area contributed by atoms with Gasteiger partial charge in [-0.2, -0.15) is 13.2 Å². The lowest BCUT2D eigenvalue weighted by molar-refractivity contribution is -0.137. The minimum atomic E-state index is -4.50. The number of morpholine rings is 2. The van der Waals surface area contributed by atoms with Gasteiger partial charge in [-0.25, -0.2) is 14.1 Å². The Bertz CT molecular complexity index is 1040. The smallest absolute Gasteiger partial charge is 0.379 e. The van der Waals surface area contributed by atoms with E-state index in [-0.39, 0.29) is 15.8 Å². The average Bonchev–Trinajstić information content (AvgIpc) is 2.85. The quantitative estimate of drug-likeness (QED) is 0.438. The van der Waals surface area contributed by atoms with E-state index in [4.69, 9.17) is 38.0 Å². The van der Waals surface area contributed by atoms with Crippen molar-refractivity contribution in [2.45, 2.75) is 6.18 Å². The summed E-state index contributed by atoms with van der Waals surface area (Å²) in [5.41, 5.74) is -0.743. The van der Waals surface area contributed by atoms with Crippen LogP contribution in [-0.2, 0) is 15.7 Å². The van der Waals surface area contributed by atoms with Gasteiger partial charge in [0.05, 0.1) is 42.7 Å². The summed E-state index contributed by atoms with van der Waals surface area (Å²) in [4.78, 5) is 0. The lowest BCUT2D eigenvalue weighted by Gasteiger charge is -2.46. The largest absolute Gasteiger partial charge is 0.416 e. The molecule has 0 amide bonds. The highest BCUT2D eigenvalue weighted by atomic mass is 35.5. The number of anilines is 1. The highest BCUT2D eigenvalue weighted by Crippen LogP contribution is 2.56. The summed E-state index contributed by atoms with van der Waals surface area (Å²) in [5.74, 6) is 0. The third-order valence-corrected chi connectivity index (χ3v) is 10.1. The van der Waals surface area contributed by atoms with Crippen molar-refractivity contribution < 1.29 is 22.6 Å². The summed E-state index contributed by atoms with van der Waals surface area (Å²) in [6, 6.07) is 13.0. The number of hydrogen-bond donors (Lipinski definition) is 1. The first-order valence-electron chi connectivity index (χ1n) is 10.8. The van der Waals surface area contributed by atoms with E-state index in [0.29, 0.717) is 52.6 Å². The molecule has 184 valence electrons. The molecule has 34 heavy (non-hydrogen) atoms. The van der Waals surface area contributed by atoms with E-state index in [9.17, 15) is 13.2 Å². The molecule has 0 atom stereocenters. The Balaban J connectivity index is 1.79. The third kappa shape index (κ3) is 5.65. The van der Waals surface area contributed by atoms with Crippen LogP contribution in [0.15, 0.2) is 53.3 Å². The summed E-state index contributed by atoms with van der Waals surface area (Å²) in [7, 11) is -2.59. The molecular weight excluding hydrogens is 508 g/mol. The van der Waals surface area contributed by atoms with Gasteiger partial charge in [0.15, 0.2) is 5.11 Å². The first-order valence-corrected chi connectivity index (χ1v) is 13.3. The first-order chi connectivity index (χ1) is 16.3. The Kier molecular flexibility index (Phi) is 8.30. The molecule has 0 radical (unpaired) electrons. The molecule has 2 heterocycles. The Morgan fingerprint density at radius 1 is 0.941 bits per heavy atom. The zero-order chi connectivity index (χ0) is 24.2. The number of alkyl halides is 3. The summed E-state index contributed by atoms with van der Waals surface area (Å²) in [6.45, 7) is 4.91. The molecule has 0 unspecified atom stereocenters. The van der Waals surface area contributed by atoms with Gasteiger partial charge in [-0.3, -0.25) is 0 Å². The van der Waals surface area contributed by atoms with Crippen molar-refractivity contribution in [2.24, 2.45) is 4.74 Å². The van der Waals surface area contributed by atoms with Crippen molar-refractivity contribution in [1.82, 2.24) is 9.34 Å². The summed E-state index contributed by atoms with van der Waals surface area (Å²) >= 11 is 11.8. The van der Waals surface area contributed by atoms with Crippen LogP contribution in [0.5, 0.6) is 0 Å². The van der Waals surface area contributed by atoms with Crippen LogP contribution < -0.4 is 10.6 Å². The molecule has 6 nitrogen and oxygen atoms in total.